The molecular weight excluding hydrogens is 584 g/mol. The molecule has 1 aromatic carbocycles. The van der Waals surface area contributed by atoms with Crippen molar-refractivity contribution in [3.05, 3.63) is 65.1 Å². The van der Waals surface area contributed by atoms with Crippen LogP contribution in [0, 0.1) is 17.5 Å². The summed E-state index contributed by atoms with van der Waals surface area (Å²) >= 11 is 0. The molecule has 3 heterocycles. The van der Waals surface area contributed by atoms with Crippen molar-refractivity contribution in [3.63, 3.8) is 0 Å². The van der Waals surface area contributed by atoms with Gasteiger partial charge in [-0.1, -0.05) is 0 Å². The van der Waals surface area contributed by atoms with Crippen molar-refractivity contribution in [2.45, 2.75) is 64.5 Å². The van der Waals surface area contributed by atoms with E-state index in [2.05, 4.69) is 15.3 Å². The maximum atomic E-state index is 14.5. The van der Waals surface area contributed by atoms with Gasteiger partial charge in [-0.2, -0.15) is 13.2 Å². The Morgan fingerprint density at radius 1 is 1.07 bits per heavy atom. The molecule has 1 aliphatic heterocycles. The zero-order chi connectivity index (χ0) is 31.7. The summed E-state index contributed by atoms with van der Waals surface area (Å²) in [5.41, 5.74) is -0.926. The van der Waals surface area contributed by atoms with E-state index in [1.54, 1.807) is 20.8 Å². The maximum absolute atomic E-state index is 14.5. The van der Waals surface area contributed by atoms with E-state index in [9.17, 15) is 35.9 Å². The Balaban J connectivity index is 1.63. The van der Waals surface area contributed by atoms with Gasteiger partial charge in [-0.25, -0.2) is 22.9 Å². The van der Waals surface area contributed by atoms with E-state index in [0.717, 1.165) is 4.57 Å². The van der Waals surface area contributed by atoms with Gasteiger partial charge in [0.05, 0.1) is 31.2 Å². The van der Waals surface area contributed by atoms with E-state index in [-0.39, 0.29) is 47.9 Å². The minimum atomic E-state index is -4.78. The van der Waals surface area contributed by atoms with Crippen molar-refractivity contribution in [1.29, 1.82) is 0 Å². The average molecular weight is 614 g/mol. The summed E-state index contributed by atoms with van der Waals surface area (Å²) in [6.07, 6.45) is -3.89. The van der Waals surface area contributed by atoms with Gasteiger partial charge in [-0.3, -0.25) is 9.78 Å². The molecule has 0 unspecified atom stereocenters. The number of halogens is 6. The number of methoxy groups -OCH3 is 1. The van der Waals surface area contributed by atoms with Crippen LogP contribution < -0.4 is 10.1 Å². The smallest absolute Gasteiger partial charge is 0.449 e. The highest BCUT2D eigenvalue weighted by Crippen LogP contribution is 2.38. The highest BCUT2D eigenvalue weighted by molar-refractivity contribution is 5.79. The topological polar surface area (TPSA) is 98.6 Å². The van der Waals surface area contributed by atoms with Gasteiger partial charge in [0.2, 0.25) is 11.7 Å². The lowest BCUT2D eigenvalue weighted by Gasteiger charge is -2.31. The maximum Gasteiger partial charge on any atom is 0.449 e. The second kappa shape index (κ2) is 12.1. The number of amides is 2. The number of carbonyl (C=O) groups excluding carboxylic acids is 2. The van der Waals surface area contributed by atoms with Crippen molar-refractivity contribution in [3.8, 4) is 17.0 Å². The molecule has 0 bridgehead atoms. The second-order valence-electron chi connectivity index (χ2n) is 10.9. The Labute approximate surface area is 242 Å². The minimum absolute atomic E-state index is 0.0450. The van der Waals surface area contributed by atoms with Crippen molar-refractivity contribution in [2.24, 2.45) is 0 Å². The summed E-state index contributed by atoms with van der Waals surface area (Å²) in [7, 11) is 1.33. The molecule has 0 saturated heterocycles. The fourth-order valence-electron chi connectivity index (χ4n) is 4.73. The Kier molecular flexibility index (Phi) is 8.92. The molecule has 2 amide bonds. The van der Waals surface area contributed by atoms with E-state index < -0.39 is 65.9 Å². The van der Waals surface area contributed by atoms with Gasteiger partial charge in [0.1, 0.15) is 17.2 Å². The standard InChI is InChI=1S/C28H29F6N5O4/c1-27(2,3)43-26(41)36-16(9-15-10-19(30)20(31)12-18(15)29)11-23(40)38-7-8-39-21(14-38)24(37-25(39)28(32,33)34)17-5-6-35-13-22(17)42-4/h5-6,10,12-13,16H,7-9,11,14H2,1-4H3,(H,36,41)/t16-/m1/s1. The fraction of sp³-hybridized carbons (Fsp3) is 0.429. The number of fused-ring (bicyclic) bond motifs is 1. The number of pyridine rings is 1. The molecule has 1 aliphatic rings. The minimum Gasteiger partial charge on any atom is -0.494 e. The molecule has 3 aromatic rings. The molecule has 9 nitrogen and oxygen atoms in total. The molecule has 2 aromatic heterocycles. The first-order valence-electron chi connectivity index (χ1n) is 13.1. The van der Waals surface area contributed by atoms with Gasteiger partial charge in [0, 0.05) is 43.4 Å². The highest BCUT2D eigenvalue weighted by Gasteiger charge is 2.41. The summed E-state index contributed by atoms with van der Waals surface area (Å²) < 4.78 is 95.0. The lowest BCUT2D eigenvalue weighted by Crippen LogP contribution is -2.45. The Hall–Kier alpha value is -4.30. The highest BCUT2D eigenvalue weighted by atomic mass is 19.4. The molecule has 4 rings (SSSR count). The molecule has 43 heavy (non-hydrogen) atoms. The lowest BCUT2D eigenvalue weighted by atomic mass is 10.0. The van der Waals surface area contributed by atoms with Crippen LogP contribution in [0.15, 0.2) is 30.6 Å². The number of alkyl halides is 3. The number of hydrogen-bond donors (Lipinski definition) is 1. The zero-order valence-electron chi connectivity index (χ0n) is 23.7. The molecule has 1 N–H and O–H groups in total. The van der Waals surface area contributed by atoms with Crippen molar-refractivity contribution < 1.29 is 45.4 Å². The van der Waals surface area contributed by atoms with E-state index in [1.807, 2.05) is 0 Å². The largest absolute Gasteiger partial charge is 0.494 e. The number of rotatable bonds is 7. The molecule has 0 aliphatic carbocycles. The van der Waals surface area contributed by atoms with Crippen LogP contribution in [0.4, 0.5) is 31.1 Å². The van der Waals surface area contributed by atoms with Crippen LogP contribution in [0.25, 0.3) is 11.3 Å². The van der Waals surface area contributed by atoms with Crippen LogP contribution in [0.1, 0.15) is 44.3 Å². The third kappa shape index (κ3) is 7.38. The molecule has 15 heteroatoms. The SMILES string of the molecule is COc1cnccc1-c1nc(C(F)(F)F)n2c1CN(C(=O)C[C@@H](Cc1cc(F)c(F)cc1F)NC(=O)OC(C)(C)C)CC2. The summed E-state index contributed by atoms with van der Waals surface area (Å²) in [6, 6.07) is 1.29. The molecule has 0 saturated carbocycles. The van der Waals surface area contributed by atoms with Gasteiger partial charge in [0.15, 0.2) is 11.6 Å². The second-order valence-corrected chi connectivity index (χ2v) is 10.9. The average Bonchev–Trinajstić information content (AvgIpc) is 3.30. The molecule has 0 radical (unpaired) electrons. The summed E-state index contributed by atoms with van der Waals surface area (Å²) in [4.78, 5) is 35.1. The number of alkyl carbamates (subject to hydrolysis) is 1. The molecule has 232 valence electrons. The van der Waals surface area contributed by atoms with Crippen molar-refractivity contribution in [1.82, 2.24) is 24.8 Å². The Morgan fingerprint density at radius 3 is 2.42 bits per heavy atom. The van der Waals surface area contributed by atoms with Gasteiger partial charge in [-0.05, 0) is 44.9 Å². The predicted molar refractivity (Wildman–Crippen MR) is 140 cm³/mol. The monoisotopic (exact) mass is 613 g/mol. The number of hydrogen-bond acceptors (Lipinski definition) is 6. The summed E-state index contributed by atoms with van der Waals surface area (Å²) in [5, 5.41) is 2.47. The number of nitrogens with one attached hydrogen (secondary N) is 1. The number of imidazole rings is 1. The Morgan fingerprint density at radius 2 is 1.77 bits per heavy atom. The van der Waals surface area contributed by atoms with Crippen LogP contribution in [0.2, 0.25) is 0 Å². The first kappa shape index (κ1) is 31.6. The normalized spacial score (nSPS) is 14.2. The van der Waals surface area contributed by atoms with E-state index >= 15 is 0 Å². The van der Waals surface area contributed by atoms with E-state index in [0.29, 0.717) is 12.1 Å². The number of benzene rings is 1. The fourth-order valence-corrected chi connectivity index (χ4v) is 4.73. The van der Waals surface area contributed by atoms with E-state index in [4.69, 9.17) is 9.47 Å². The van der Waals surface area contributed by atoms with E-state index in [1.165, 1.54) is 30.5 Å². The van der Waals surface area contributed by atoms with Crippen LogP contribution in [-0.4, -0.2) is 56.7 Å². The van der Waals surface area contributed by atoms with Crippen molar-refractivity contribution in [2.75, 3.05) is 13.7 Å². The summed E-state index contributed by atoms with van der Waals surface area (Å²) in [5.74, 6) is -5.36. The van der Waals surface area contributed by atoms with Gasteiger partial charge in [-0.15, -0.1) is 0 Å². The Bertz CT molecular complexity index is 1520. The number of ether oxygens (including phenoxy) is 2. The first-order chi connectivity index (χ1) is 20.1. The molecule has 0 fully saturated rings. The van der Waals surface area contributed by atoms with Crippen LogP contribution in [-0.2, 0) is 35.2 Å². The molecular formula is C28H29F6N5O4. The summed E-state index contributed by atoms with van der Waals surface area (Å²) in [6.45, 7) is 4.16. The van der Waals surface area contributed by atoms with Gasteiger partial charge in [0.25, 0.3) is 0 Å². The van der Waals surface area contributed by atoms with Gasteiger partial charge >= 0.3 is 12.3 Å². The quantitative estimate of drug-likeness (QED) is 0.289. The predicted octanol–water partition coefficient (Wildman–Crippen LogP) is 5.26. The van der Waals surface area contributed by atoms with Crippen LogP contribution in [0.5, 0.6) is 5.75 Å². The van der Waals surface area contributed by atoms with Crippen LogP contribution in [0.3, 0.4) is 0 Å². The number of carbonyl (C=O) groups is 2. The van der Waals surface area contributed by atoms with Crippen molar-refractivity contribution >= 4 is 12.0 Å². The number of nitrogens with zero attached hydrogens (tertiary/aromatic N) is 4. The first-order valence-corrected chi connectivity index (χ1v) is 13.1. The zero-order valence-corrected chi connectivity index (χ0v) is 23.7. The third-order valence-corrected chi connectivity index (χ3v) is 6.57. The van der Waals surface area contributed by atoms with Gasteiger partial charge < -0.3 is 24.3 Å². The number of aromatic nitrogens is 3. The third-order valence-electron chi connectivity index (χ3n) is 6.57. The molecule has 0 spiro atoms. The lowest BCUT2D eigenvalue weighted by molar-refractivity contribution is -0.148. The van der Waals surface area contributed by atoms with Crippen LogP contribution >= 0.6 is 0 Å². The molecule has 1 atom stereocenters.